The number of sulfonamides is 1. The molecule has 7 nitrogen and oxygen atoms in total. The predicted molar refractivity (Wildman–Crippen MR) is 53.2 cm³/mol. The topological polar surface area (TPSA) is 100 Å². The van der Waals surface area contributed by atoms with Gasteiger partial charge in [0.2, 0.25) is 5.82 Å². The number of ether oxygens (including phenoxy) is 1. The van der Waals surface area contributed by atoms with Gasteiger partial charge in [0.25, 0.3) is 15.2 Å². The summed E-state index contributed by atoms with van der Waals surface area (Å²) in [6, 6.07) is 0. The van der Waals surface area contributed by atoms with Gasteiger partial charge in [-0.3, -0.25) is 4.57 Å². The second-order valence-electron chi connectivity index (χ2n) is 3.42. The van der Waals surface area contributed by atoms with Crippen LogP contribution in [0.25, 0.3) is 0 Å². The highest BCUT2D eigenvalue weighted by atomic mass is 32.2. The van der Waals surface area contributed by atoms with Crippen molar-refractivity contribution >= 4 is 10.0 Å². The normalized spacial score (nSPS) is 13.2. The summed E-state index contributed by atoms with van der Waals surface area (Å²) in [5, 5.41) is 9.43. The summed E-state index contributed by atoms with van der Waals surface area (Å²) in [5.41, 5.74) is 0. The molecule has 0 aliphatic rings. The van der Waals surface area contributed by atoms with Gasteiger partial charge in [-0.05, 0) is 0 Å². The minimum atomic E-state index is -4.65. The predicted octanol–water partition coefficient (Wildman–Crippen LogP) is -0.0712. The van der Waals surface area contributed by atoms with Crippen LogP contribution >= 0.6 is 0 Å². The first-order valence-electron chi connectivity index (χ1n) is 4.73. The van der Waals surface area contributed by atoms with Gasteiger partial charge in [0.15, 0.2) is 0 Å². The van der Waals surface area contributed by atoms with Crippen LogP contribution in [0.15, 0.2) is 5.16 Å². The average molecular weight is 306 g/mol. The summed E-state index contributed by atoms with van der Waals surface area (Å²) in [7, 11) is -3.26. The Hall–Kier alpha value is -1.27. The van der Waals surface area contributed by atoms with E-state index in [4.69, 9.17) is 5.14 Å². The lowest BCUT2D eigenvalue weighted by Crippen LogP contribution is -2.30. The van der Waals surface area contributed by atoms with E-state index in [1.165, 1.54) is 7.11 Å². The largest absolute Gasteiger partial charge is 0.383 e. The molecule has 0 saturated carbocycles. The van der Waals surface area contributed by atoms with Gasteiger partial charge in [-0.15, -0.1) is 10.2 Å². The third-order valence-corrected chi connectivity index (χ3v) is 2.87. The Morgan fingerprint density at radius 2 is 2.00 bits per heavy atom. The minimum Gasteiger partial charge on any atom is -0.383 e. The van der Waals surface area contributed by atoms with Crippen molar-refractivity contribution in [3.63, 3.8) is 0 Å². The zero-order valence-electron chi connectivity index (χ0n) is 9.56. The van der Waals surface area contributed by atoms with Crippen molar-refractivity contribution < 1.29 is 30.7 Å². The molecular weight excluding hydrogens is 296 g/mol. The van der Waals surface area contributed by atoms with Crippen molar-refractivity contribution in [2.24, 2.45) is 5.14 Å². The van der Waals surface area contributed by atoms with E-state index >= 15 is 0 Å². The van der Waals surface area contributed by atoms with Crippen LogP contribution in [-0.4, -0.2) is 43.3 Å². The molecule has 0 unspecified atom stereocenters. The molecule has 12 heteroatoms. The first-order valence-corrected chi connectivity index (χ1v) is 6.28. The molecular formula is C7H10F4N4O3S. The zero-order chi connectivity index (χ0) is 14.8. The van der Waals surface area contributed by atoms with Crippen molar-refractivity contribution in [3.8, 4) is 0 Å². The van der Waals surface area contributed by atoms with E-state index in [-0.39, 0.29) is 6.61 Å². The molecule has 19 heavy (non-hydrogen) atoms. The minimum absolute atomic E-state index is 0.215. The standard InChI is InChI=1S/C7H10F4N4O3S/c1-18-3-2-15-5(7(10,11)4(8)9)13-14-6(15)19(12,16)17/h4H,2-3H2,1H3,(H2,12,16,17). The quantitative estimate of drug-likeness (QED) is 0.741. The van der Waals surface area contributed by atoms with Crippen LogP contribution < -0.4 is 5.14 Å². The van der Waals surface area contributed by atoms with Crippen LogP contribution in [0.5, 0.6) is 0 Å². The first kappa shape index (κ1) is 15.8. The second kappa shape index (κ2) is 5.38. The van der Waals surface area contributed by atoms with Crippen molar-refractivity contribution in [1.29, 1.82) is 0 Å². The summed E-state index contributed by atoms with van der Waals surface area (Å²) in [5.74, 6) is -6.13. The number of hydrogen-bond donors (Lipinski definition) is 1. The molecule has 0 aliphatic heterocycles. The lowest BCUT2D eigenvalue weighted by Gasteiger charge is -2.16. The molecule has 0 atom stereocenters. The van der Waals surface area contributed by atoms with Crippen LogP contribution in [0.3, 0.4) is 0 Å². The van der Waals surface area contributed by atoms with E-state index in [0.29, 0.717) is 4.57 Å². The van der Waals surface area contributed by atoms with Gasteiger partial charge in [0.1, 0.15) is 0 Å². The Balaban J connectivity index is 3.38. The lowest BCUT2D eigenvalue weighted by atomic mass is 10.3. The number of halogens is 4. The maximum Gasteiger partial charge on any atom is 0.365 e. The van der Waals surface area contributed by atoms with Crippen LogP contribution in [0.1, 0.15) is 5.82 Å². The van der Waals surface area contributed by atoms with E-state index in [0.717, 1.165) is 0 Å². The highest BCUT2D eigenvalue weighted by Gasteiger charge is 2.48. The maximum absolute atomic E-state index is 13.2. The number of hydrogen-bond acceptors (Lipinski definition) is 5. The Morgan fingerprint density at radius 3 is 2.42 bits per heavy atom. The van der Waals surface area contributed by atoms with Gasteiger partial charge < -0.3 is 4.74 Å². The molecule has 0 bridgehead atoms. The molecule has 1 heterocycles. The van der Waals surface area contributed by atoms with Gasteiger partial charge in [-0.1, -0.05) is 0 Å². The molecule has 0 aromatic carbocycles. The SMILES string of the molecule is COCCn1c(C(F)(F)C(F)F)nnc1S(N)(=O)=O. The summed E-state index contributed by atoms with van der Waals surface area (Å²) in [6.07, 6.45) is -4.06. The van der Waals surface area contributed by atoms with E-state index in [1.807, 2.05) is 0 Å². The van der Waals surface area contributed by atoms with Gasteiger partial charge in [0.05, 0.1) is 13.2 Å². The number of nitrogens with zero attached hydrogens (tertiary/aromatic N) is 3. The third-order valence-electron chi connectivity index (χ3n) is 2.06. The molecule has 0 saturated heterocycles. The number of alkyl halides is 4. The number of aromatic nitrogens is 3. The van der Waals surface area contributed by atoms with Crippen molar-refractivity contribution in [2.75, 3.05) is 13.7 Å². The number of nitrogens with two attached hydrogens (primary N) is 1. The molecule has 0 radical (unpaired) electrons. The number of rotatable bonds is 6. The van der Waals surface area contributed by atoms with E-state index < -0.39 is 39.9 Å². The Labute approximate surface area is 105 Å². The molecule has 110 valence electrons. The monoisotopic (exact) mass is 306 g/mol. The van der Waals surface area contributed by atoms with Gasteiger partial charge in [0, 0.05) is 7.11 Å². The fourth-order valence-electron chi connectivity index (χ4n) is 1.23. The van der Waals surface area contributed by atoms with E-state index in [9.17, 15) is 26.0 Å². The van der Waals surface area contributed by atoms with Crippen molar-refractivity contribution in [3.05, 3.63) is 5.82 Å². The van der Waals surface area contributed by atoms with Gasteiger partial charge >= 0.3 is 12.3 Å². The fraction of sp³-hybridized carbons (Fsp3) is 0.714. The van der Waals surface area contributed by atoms with Gasteiger partial charge in [-0.25, -0.2) is 22.3 Å². The summed E-state index contributed by atoms with van der Waals surface area (Å²) >= 11 is 0. The van der Waals surface area contributed by atoms with Crippen LogP contribution in [0, 0.1) is 0 Å². The van der Waals surface area contributed by atoms with E-state index in [2.05, 4.69) is 14.9 Å². The van der Waals surface area contributed by atoms with Crippen molar-refractivity contribution in [2.45, 2.75) is 24.0 Å². The Morgan fingerprint density at radius 1 is 1.42 bits per heavy atom. The van der Waals surface area contributed by atoms with Crippen LogP contribution in [-0.2, 0) is 27.2 Å². The lowest BCUT2D eigenvalue weighted by molar-refractivity contribution is -0.143. The van der Waals surface area contributed by atoms with Crippen LogP contribution in [0.4, 0.5) is 17.6 Å². The smallest absolute Gasteiger partial charge is 0.365 e. The van der Waals surface area contributed by atoms with Crippen molar-refractivity contribution in [1.82, 2.24) is 14.8 Å². The summed E-state index contributed by atoms with van der Waals surface area (Å²) in [6.45, 7) is -0.681. The Bertz CT molecular complexity index is 545. The van der Waals surface area contributed by atoms with E-state index in [1.54, 1.807) is 0 Å². The molecule has 0 fully saturated rings. The molecule has 1 aromatic rings. The fourth-order valence-corrected chi connectivity index (χ4v) is 1.87. The molecule has 0 aliphatic carbocycles. The zero-order valence-corrected chi connectivity index (χ0v) is 10.4. The highest BCUT2D eigenvalue weighted by molar-refractivity contribution is 7.89. The number of methoxy groups -OCH3 is 1. The molecule has 1 aromatic heterocycles. The highest BCUT2D eigenvalue weighted by Crippen LogP contribution is 2.33. The third kappa shape index (κ3) is 3.19. The van der Waals surface area contributed by atoms with Gasteiger partial charge in [-0.2, -0.15) is 8.78 Å². The Kier molecular flexibility index (Phi) is 4.47. The molecule has 0 amide bonds. The molecule has 1 rings (SSSR count). The summed E-state index contributed by atoms with van der Waals surface area (Å²) in [4.78, 5) is 0. The molecule has 2 N–H and O–H groups in total. The first-order chi connectivity index (χ1) is 8.62. The average Bonchev–Trinajstić information content (AvgIpc) is 2.69. The molecule has 0 spiro atoms. The summed E-state index contributed by atoms with van der Waals surface area (Å²) < 4.78 is 78.0. The second-order valence-corrected chi connectivity index (χ2v) is 4.87. The maximum atomic E-state index is 13.2. The van der Waals surface area contributed by atoms with Crippen LogP contribution in [0.2, 0.25) is 0 Å². The number of primary sulfonamides is 1.